The third-order valence-corrected chi connectivity index (χ3v) is 3.86. The number of aliphatic imine (C=N–C) groups is 1. The maximum atomic E-state index is 12.3. The fourth-order valence-corrected chi connectivity index (χ4v) is 2.31. The summed E-state index contributed by atoms with van der Waals surface area (Å²) in [6, 6.07) is 0.143. The van der Waals surface area contributed by atoms with E-state index in [9.17, 15) is 18.0 Å². The van der Waals surface area contributed by atoms with Gasteiger partial charge in [-0.3, -0.25) is 9.79 Å². The number of amides is 1. The lowest BCUT2D eigenvalue weighted by Crippen LogP contribution is -2.47. The Balaban J connectivity index is 0. The van der Waals surface area contributed by atoms with Gasteiger partial charge in [-0.15, -0.1) is 24.0 Å². The third-order valence-electron chi connectivity index (χ3n) is 3.86. The Morgan fingerprint density at radius 2 is 1.81 bits per heavy atom. The van der Waals surface area contributed by atoms with E-state index in [0.717, 1.165) is 39.5 Å². The van der Waals surface area contributed by atoms with E-state index in [0.29, 0.717) is 10.9 Å². The van der Waals surface area contributed by atoms with Crippen LogP contribution in [0.4, 0.5) is 13.2 Å². The quantitative estimate of drug-likeness (QED) is 0.278. The van der Waals surface area contributed by atoms with Gasteiger partial charge in [-0.2, -0.15) is 13.2 Å². The van der Waals surface area contributed by atoms with Crippen molar-refractivity contribution in [2.75, 3.05) is 46.8 Å². The molecule has 0 aromatic rings. The third kappa shape index (κ3) is 13.4. The van der Waals surface area contributed by atoms with Gasteiger partial charge in [0, 0.05) is 20.1 Å². The predicted molar refractivity (Wildman–Crippen MR) is 110 cm³/mol. The van der Waals surface area contributed by atoms with Crippen LogP contribution in [0.2, 0.25) is 0 Å². The number of hydrogen-bond donors (Lipinski definition) is 2. The zero-order valence-corrected chi connectivity index (χ0v) is 18.6. The first kappa shape index (κ1) is 27.4. The van der Waals surface area contributed by atoms with Gasteiger partial charge in [-0.05, 0) is 39.4 Å². The van der Waals surface area contributed by atoms with Crippen molar-refractivity contribution in [1.82, 2.24) is 20.4 Å². The molecule has 0 aliphatic heterocycles. The molecule has 10 heteroatoms. The second-order valence-corrected chi connectivity index (χ2v) is 6.01. The molecule has 0 aromatic heterocycles. The molecule has 0 saturated carbocycles. The second-order valence-electron chi connectivity index (χ2n) is 6.01. The molecular formula is C16H33F3IN5O. The lowest BCUT2D eigenvalue weighted by molar-refractivity contribution is -0.157. The largest absolute Gasteiger partial charge is 0.406 e. The number of alkyl halides is 3. The van der Waals surface area contributed by atoms with E-state index in [2.05, 4.69) is 34.4 Å². The van der Waals surface area contributed by atoms with Crippen LogP contribution in [0, 0.1) is 0 Å². The Hall–Kier alpha value is -0.780. The average molecular weight is 495 g/mol. The standard InChI is InChI=1S/C16H32F3N5O.HI/c1-6-24(7-2)10-8-9-13(3)22-15(20-4)21-11-14(25)23(5)12-16(17,18)19;/h13H,6-12H2,1-5H3,(H2,20,21,22);1H. The van der Waals surface area contributed by atoms with Gasteiger partial charge in [0.1, 0.15) is 6.54 Å². The van der Waals surface area contributed by atoms with Crippen LogP contribution in [0.3, 0.4) is 0 Å². The second kappa shape index (κ2) is 14.3. The van der Waals surface area contributed by atoms with Crippen molar-refractivity contribution < 1.29 is 18.0 Å². The van der Waals surface area contributed by atoms with E-state index >= 15 is 0 Å². The lowest BCUT2D eigenvalue weighted by atomic mass is 10.2. The first-order valence-corrected chi connectivity index (χ1v) is 8.63. The van der Waals surface area contributed by atoms with Crippen molar-refractivity contribution in [2.24, 2.45) is 4.99 Å². The highest BCUT2D eigenvalue weighted by atomic mass is 127. The molecule has 0 spiro atoms. The lowest BCUT2D eigenvalue weighted by Gasteiger charge is -2.22. The summed E-state index contributed by atoms with van der Waals surface area (Å²) >= 11 is 0. The number of rotatable bonds is 10. The molecule has 1 atom stereocenters. The molecule has 0 saturated heterocycles. The van der Waals surface area contributed by atoms with Crippen molar-refractivity contribution in [2.45, 2.75) is 45.8 Å². The number of likely N-dealkylation sites (N-methyl/N-ethyl adjacent to an activating group) is 1. The van der Waals surface area contributed by atoms with Crippen molar-refractivity contribution in [3.63, 3.8) is 0 Å². The molecule has 0 aromatic carbocycles. The fraction of sp³-hybridized carbons (Fsp3) is 0.875. The minimum absolute atomic E-state index is 0. The summed E-state index contributed by atoms with van der Waals surface area (Å²) in [5, 5.41) is 5.90. The maximum Gasteiger partial charge on any atom is 0.406 e. The summed E-state index contributed by atoms with van der Waals surface area (Å²) in [4.78, 5) is 18.7. The number of carbonyl (C=O) groups is 1. The number of carbonyl (C=O) groups excluding carboxylic acids is 1. The van der Waals surface area contributed by atoms with Gasteiger partial charge in [0.25, 0.3) is 0 Å². The topological polar surface area (TPSA) is 60.0 Å². The Bertz CT molecular complexity index is 417. The zero-order valence-electron chi connectivity index (χ0n) is 16.3. The van der Waals surface area contributed by atoms with Gasteiger partial charge in [-0.1, -0.05) is 13.8 Å². The number of nitrogens with zero attached hydrogens (tertiary/aromatic N) is 3. The van der Waals surface area contributed by atoms with E-state index in [1.165, 1.54) is 0 Å². The summed E-state index contributed by atoms with van der Waals surface area (Å²) < 4.78 is 36.8. The van der Waals surface area contributed by atoms with E-state index in [1.807, 2.05) is 6.92 Å². The highest BCUT2D eigenvalue weighted by Crippen LogP contribution is 2.15. The summed E-state index contributed by atoms with van der Waals surface area (Å²) in [7, 11) is 2.69. The summed E-state index contributed by atoms with van der Waals surface area (Å²) in [6.45, 7) is 7.83. The highest BCUT2D eigenvalue weighted by Gasteiger charge is 2.31. The minimum atomic E-state index is -4.40. The van der Waals surface area contributed by atoms with Crippen molar-refractivity contribution in [3.05, 3.63) is 0 Å². The molecule has 0 bridgehead atoms. The van der Waals surface area contributed by atoms with E-state index in [4.69, 9.17) is 0 Å². The molecule has 6 nitrogen and oxygen atoms in total. The van der Waals surface area contributed by atoms with Gasteiger partial charge < -0.3 is 20.4 Å². The first-order chi connectivity index (χ1) is 11.6. The summed E-state index contributed by atoms with van der Waals surface area (Å²) in [5.41, 5.74) is 0. The molecular weight excluding hydrogens is 462 g/mol. The molecule has 0 fully saturated rings. The van der Waals surface area contributed by atoms with Gasteiger partial charge in [-0.25, -0.2) is 0 Å². The Labute approximate surface area is 172 Å². The van der Waals surface area contributed by atoms with Crippen LogP contribution in [0.15, 0.2) is 4.99 Å². The zero-order chi connectivity index (χ0) is 19.5. The molecule has 26 heavy (non-hydrogen) atoms. The van der Waals surface area contributed by atoms with E-state index < -0.39 is 18.6 Å². The van der Waals surface area contributed by atoms with Crippen LogP contribution < -0.4 is 10.6 Å². The maximum absolute atomic E-state index is 12.3. The summed E-state index contributed by atoms with van der Waals surface area (Å²) in [5.74, 6) is -0.237. The van der Waals surface area contributed by atoms with Gasteiger partial charge in [0.15, 0.2) is 5.96 Å². The van der Waals surface area contributed by atoms with E-state index in [-0.39, 0.29) is 36.6 Å². The molecule has 0 aliphatic carbocycles. The fourth-order valence-electron chi connectivity index (χ4n) is 2.31. The smallest absolute Gasteiger partial charge is 0.354 e. The van der Waals surface area contributed by atoms with Crippen LogP contribution in [-0.4, -0.2) is 80.7 Å². The number of nitrogens with one attached hydrogen (secondary N) is 2. The number of halogens is 4. The van der Waals surface area contributed by atoms with Crippen LogP contribution in [0.1, 0.15) is 33.6 Å². The SMILES string of the molecule is CCN(CC)CCCC(C)NC(=NC)NCC(=O)N(C)CC(F)(F)F.I. The van der Waals surface area contributed by atoms with Crippen LogP contribution >= 0.6 is 24.0 Å². The Morgan fingerprint density at radius 1 is 1.23 bits per heavy atom. The Morgan fingerprint density at radius 3 is 2.27 bits per heavy atom. The minimum Gasteiger partial charge on any atom is -0.354 e. The molecule has 0 rings (SSSR count). The van der Waals surface area contributed by atoms with Crippen molar-refractivity contribution >= 4 is 35.8 Å². The van der Waals surface area contributed by atoms with Crippen molar-refractivity contribution in [1.29, 1.82) is 0 Å². The molecule has 1 amide bonds. The highest BCUT2D eigenvalue weighted by molar-refractivity contribution is 14.0. The Kier molecular flexibility index (Phi) is 15.1. The first-order valence-electron chi connectivity index (χ1n) is 8.63. The molecule has 156 valence electrons. The van der Waals surface area contributed by atoms with Crippen LogP contribution in [0.5, 0.6) is 0 Å². The van der Waals surface area contributed by atoms with Gasteiger partial charge in [0.2, 0.25) is 5.91 Å². The molecule has 2 N–H and O–H groups in total. The average Bonchev–Trinajstić information content (AvgIpc) is 2.53. The summed E-state index contributed by atoms with van der Waals surface area (Å²) in [6.07, 6.45) is -2.44. The van der Waals surface area contributed by atoms with Gasteiger partial charge >= 0.3 is 6.18 Å². The predicted octanol–water partition coefficient (Wildman–Crippen LogP) is 2.30. The molecule has 0 heterocycles. The molecule has 0 aliphatic rings. The number of hydrogen-bond acceptors (Lipinski definition) is 3. The van der Waals surface area contributed by atoms with Crippen molar-refractivity contribution in [3.8, 4) is 0 Å². The van der Waals surface area contributed by atoms with Crippen LogP contribution in [-0.2, 0) is 4.79 Å². The molecule has 1 unspecified atom stereocenters. The number of guanidine groups is 1. The normalized spacial score (nSPS) is 13.2. The van der Waals surface area contributed by atoms with Crippen LogP contribution in [0.25, 0.3) is 0 Å². The monoisotopic (exact) mass is 495 g/mol. The van der Waals surface area contributed by atoms with E-state index in [1.54, 1.807) is 7.05 Å². The van der Waals surface area contributed by atoms with Gasteiger partial charge in [0.05, 0.1) is 6.54 Å². The molecule has 0 radical (unpaired) electrons.